The maximum atomic E-state index is 12.0. The second-order valence-corrected chi connectivity index (χ2v) is 4.50. The minimum atomic E-state index is -0.497. The summed E-state index contributed by atoms with van der Waals surface area (Å²) in [4.78, 5) is 24.6. The molecule has 1 fully saturated rings. The molecule has 1 aromatic carbocycles. The number of nitro benzene ring substituents is 1. The molecule has 1 heterocycles. The van der Waals surface area contributed by atoms with Crippen LogP contribution in [0.4, 0.5) is 5.69 Å². The van der Waals surface area contributed by atoms with E-state index in [9.17, 15) is 14.9 Å². The van der Waals surface area contributed by atoms with Crippen LogP contribution in [-0.4, -0.2) is 35.2 Å². The van der Waals surface area contributed by atoms with Gasteiger partial charge in [-0.05, 0) is 32.0 Å². The fourth-order valence-electron chi connectivity index (χ4n) is 2.27. The smallest absolute Gasteiger partial charge is 0.280 e. The molecular formula is C13H16N2O3. The lowest BCUT2D eigenvalue weighted by molar-refractivity contribution is -0.385. The van der Waals surface area contributed by atoms with E-state index in [0.717, 1.165) is 13.1 Å². The Balaban J connectivity index is 2.01. The van der Waals surface area contributed by atoms with E-state index in [0.29, 0.717) is 13.0 Å². The molecule has 0 unspecified atom stereocenters. The summed E-state index contributed by atoms with van der Waals surface area (Å²) in [5.74, 6) is -0.144. The molecule has 18 heavy (non-hydrogen) atoms. The summed E-state index contributed by atoms with van der Waals surface area (Å²) in [6.07, 6.45) is 2.71. The third-order valence-electron chi connectivity index (χ3n) is 3.25. The Bertz CT molecular complexity index is 453. The van der Waals surface area contributed by atoms with Gasteiger partial charge in [-0.15, -0.1) is 0 Å². The van der Waals surface area contributed by atoms with E-state index in [1.54, 1.807) is 12.1 Å². The van der Waals surface area contributed by atoms with Crippen molar-refractivity contribution in [1.29, 1.82) is 0 Å². The Morgan fingerprint density at radius 3 is 2.61 bits per heavy atom. The van der Waals surface area contributed by atoms with Gasteiger partial charge in [0.2, 0.25) is 0 Å². The maximum absolute atomic E-state index is 12.0. The van der Waals surface area contributed by atoms with Gasteiger partial charge in [0.25, 0.3) is 5.69 Å². The largest absolute Gasteiger partial charge is 0.303 e. The van der Waals surface area contributed by atoms with Crippen molar-refractivity contribution in [3.05, 3.63) is 39.9 Å². The van der Waals surface area contributed by atoms with E-state index < -0.39 is 4.92 Å². The van der Waals surface area contributed by atoms with Crippen LogP contribution in [0.1, 0.15) is 29.6 Å². The van der Waals surface area contributed by atoms with Crippen LogP contribution in [0.15, 0.2) is 24.3 Å². The summed E-state index contributed by atoms with van der Waals surface area (Å²) >= 11 is 0. The Labute approximate surface area is 106 Å². The zero-order valence-electron chi connectivity index (χ0n) is 10.2. The summed E-state index contributed by atoms with van der Waals surface area (Å²) in [5.41, 5.74) is 0.130. The van der Waals surface area contributed by atoms with E-state index in [4.69, 9.17) is 0 Å². The third kappa shape index (κ3) is 2.92. The molecule has 0 N–H and O–H groups in total. The zero-order valence-corrected chi connectivity index (χ0v) is 10.2. The Morgan fingerprint density at radius 1 is 1.28 bits per heavy atom. The Hall–Kier alpha value is -1.75. The summed E-state index contributed by atoms with van der Waals surface area (Å²) in [6, 6.07) is 6.15. The third-order valence-corrected chi connectivity index (χ3v) is 3.25. The highest BCUT2D eigenvalue weighted by Gasteiger charge is 2.20. The van der Waals surface area contributed by atoms with Gasteiger partial charge in [0, 0.05) is 19.0 Å². The molecule has 0 aromatic heterocycles. The molecule has 5 heteroatoms. The van der Waals surface area contributed by atoms with Gasteiger partial charge in [-0.2, -0.15) is 0 Å². The first-order valence-electron chi connectivity index (χ1n) is 6.17. The molecule has 0 amide bonds. The average Bonchev–Trinajstić information content (AvgIpc) is 2.89. The van der Waals surface area contributed by atoms with Crippen molar-refractivity contribution in [3.8, 4) is 0 Å². The standard InChI is InChI=1S/C13H16N2O3/c16-13(7-10-14-8-3-4-9-14)11-5-1-2-6-12(11)15(17)18/h1-2,5-6H,3-4,7-10H2. The number of ketones is 1. The molecular weight excluding hydrogens is 232 g/mol. The summed E-state index contributed by atoms with van der Waals surface area (Å²) in [5, 5.41) is 10.8. The van der Waals surface area contributed by atoms with Crippen LogP contribution >= 0.6 is 0 Å². The van der Waals surface area contributed by atoms with E-state index in [-0.39, 0.29) is 17.0 Å². The number of likely N-dealkylation sites (tertiary alicyclic amines) is 1. The number of rotatable bonds is 5. The number of carbonyl (C=O) groups excluding carboxylic acids is 1. The second kappa shape index (κ2) is 5.73. The van der Waals surface area contributed by atoms with Gasteiger partial charge in [0.1, 0.15) is 0 Å². The molecule has 2 rings (SSSR count). The lowest BCUT2D eigenvalue weighted by Gasteiger charge is -2.13. The molecule has 96 valence electrons. The molecule has 1 saturated heterocycles. The van der Waals surface area contributed by atoms with Crippen LogP contribution < -0.4 is 0 Å². The van der Waals surface area contributed by atoms with Crippen molar-refractivity contribution in [1.82, 2.24) is 4.90 Å². The summed E-state index contributed by atoms with van der Waals surface area (Å²) < 4.78 is 0. The summed E-state index contributed by atoms with van der Waals surface area (Å²) in [7, 11) is 0. The van der Waals surface area contributed by atoms with Crippen molar-refractivity contribution >= 4 is 11.5 Å². The van der Waals surface area contributed by atoms with Gasteiger partial charge in [-0.3, -0.25) is 14.9 Å². The fraction of sp³-hybridized carbons (Fsp3) is 0.462. The van der Waals surface area contributed by atoms with Crippen LogP contribution in [-0.2, 0) is 0 Å². The van der Waals surface area contributed by atoms with E-state index in [2.05, 4.69) is 4.90 Å². The van der Waals surface area contributed by atoms with Gasteiger partial charge in [0.05, 0.1) is 10.5 Å². The van der Waals surface area contributed by atoms with Crippen LogP contribution in [0.5, 0.6) is 0 Å². The first-order valence-corrected chi connectivity index (χ1v) is 6.17. The van der Waals surface area contributed by atoms with Crippen LogP contribution in [0.25, 0.3) is 0 Å². The second-order valence-electron chi connectivity index (χ2n) is 4.50. The van der Waals surface area contributed by atoms with Gasteiger partial charge in [-0.25, -0.2) is 0 Å². The number of nitrogens with zero attached hydrogens (tertiary/aromatic N) is 2. The monoisotopic (exact) mass is 248 g/mol. The lowest BCUT2D eigenvalue weighted by Crippen LogP contribution is -2.22. The number of Topliss-reactive ketones (excluding diaryl/α,β-unsaturated/α-hetero) is 1. The van der Waals surface area contributed by atoms with Gasteiger partial charge in [-0.1, -0.05) is 12.1 Å². The first-order chi connectivity index (χ1) is 8.68. The minimum absolute atomic E-state index is 0.0936. The Kier molecular flexibility index (Phi) is 4.04. The average molecular weight is 248 g/mol. The van der Waals surface area contributed by atoms with Crippen LogP contribution in [0.3, 0.4) is 0 Å². The highest BCUT2D eigenvalue weighted by atomic mass is 16.6. The molecule has 0 saturated carbocycles. The lowest BCUT2D eigenvalue weighted by atomic mass is 10.1. The van der Waals surface area contributed by atoms with Crippen LogP contribution in [0, 0.1) is 10.1 Å². The highest BCUT2D eigenvalue weighted by molar-refractivity contribution is 5.99. The first kappa shape index (κ1) is 12.7. The highest BCUT2D eigenvalue weighted by Crippen LogP contribution is 2.19. The number of benzene rings is 1. The maximum Gasteiger partial charge on any atom is 0.280 e. The normalized spacial score (nSPS) is 15.8. The van der Waals surface area contributed by atoms with Crippen molar-refractivity contribution in [2.45, 2.75) is 19.3 Å². The van der Waals surface area contributed by atoms with Crippen molar-refractivity contribution < 1.29 is 9.72 Å². The molecule has 0 atom stereocenters. The number of hydrogen-bond donors (Lipinski definition) is 0. The molecule has 1 aromatic rings. The molecule has 5 nitrogen and oxygen atoms in total. The number of carbonyl (C=O) groups is 1. The van der Waals surface area contributed by atoms with Crippen molar-refractivity contribution in [2.75, 3.05) is 19.6 Å². The van der Waals surface area contributed by atoms with Crippen molar-refractivity contribution in [2.24, 2.45) is 0 Å². The summed E-state index contributed by atoms with van der Waals surface area (Å²) in [6.45, 7) is 2.76. The SMILES string of the molecule is O=C(CCN1CCCC1)c1ccccc1[N+](=O)[O-]. The van der Waals surface area contributed by atoms with Crippen molar-refractivity contribution in [3.63, 3.8) is 0 Å². The van der Waals surface area contributed by atoms with Gasteiger partial charge < -0.3 is 4.90 Å². The number of hydrogen-bond acceptors (Lipinski definition) is 4. The predicted octanol–water partition coefficient (Wildman–Crippen LogP) is 2.26. The molecule has 0 aliphatic carbocycles. The molecule has 1 aliphatic heterocycles. The molecule has 1 aliphatic rings. The van der Waals surface area contributed by atoms with Gasteiger partial charge >= 0.3 is 0 Å². The quantitative estimate of drug-likeness (QED) is 0.455. The van der Waals surface area contributed by atoms with E-state index in [1.165, 1.54) is 25.0 Å². The fourth-order valence-corrected chi connectivity index (χ4v) is 2.27. The molecule has 0 spiro atoms. The molecule has 0 radical (unpaired) electrons. The van der Waals surface area contributed by atoms with Gasteiger partial charge in [0.15, 0.2) is 5.78 Å². The zero-order chi connectivity index (χ0) is 13.0. The number of para-hydroxylation sites is 1. The molecule has 0 bridgehead atoms. The van der Waals surface area contributed by atoms with Crippen LogP contribution in [0.2, 0.25) is 0 Å². The predicted molar refractivity (Wildman–Crippen MR) is 67.7 cm³/mol. The Morgan fingerprint density at radius 2 is 1.94 bits per heavy atom. The van der Waals surface area contributed by atoms with E-state index in [1.807, 2.05) is 0 Å². The van der Waals surface area contributed by atoms with E-state index >= 15 is 0 Å². The number of nitro groups is 1. The topological polar surface area (TPSA) is 63.5 Å². The minimum Gasteiger partial charge on any atom is -0.303 e.